The van der Waals surface area contributed by atoms with Gasteiger partial charge in [0.15, 0.2) is 6.61 Å². The molecule has 2 rings (SSSR count). The van der Waals surface area contributed by atoms with Crippen LogP contribution in [0.4, 0.5) is 4.39 Å². The molecule has 1 aliphatic rings. The lowest BCUT2D eigenvalue weighted by molar-refractivity contribution is -0.139. The number of ether oxygens (including phenoxy) is 1. The molecule has 1 aromatic carbocycles. The quantitative estimate of drug-likeness (QED) is 0.853. The Balaban J connectivity index is 1.76. The zero-order valence-corrected chi connectivity index (χ0v) is 11.5. The monoisotopic (exact) mass is 296 g/mol. The molecule has 0 bridgehead atoms. The first-order valence-electron chi connectivity index (χ1n) is 6.65. The highest BCUT2D eigenvalue weighted by atomic mass is 19.1. The van der Waals surface area contributed by atoms with Crippen LogP contribution in [0.25, 0.3) is 0 Å². The first-order valence-corrected chi connectivity index (χ1v) is 6.65. The standard InChI is InChI=1S/C14H17FN2O4/c15-11-2-1-3-12(8-11)21-10-13(18)17-6-4-16(5-7-17)9-14(19)20/h1-3,8H,4-7,9-10H2,(H,19,20). The van der Waals surface area contributed by atoms with Crippen molar-refractivity contribution in [2.75, 3.05) is 39.3 Å². The Bertz CT molecular complexity index is 515. The summed E-state index contributed by atoms with van der Waals surface area (Å²) in [6, 6.07) is 5.62. The van der Waals surface area contributed by atoms with Crippen LogP contribution in [0.2, 0.25) is 0 Å². The van der Waals surface area contributed by atoms with E-state index in [4.69, 9.17) is 9.84 Å². The highest BCUT2D eigenvalue weighted by Crippen LogP contribution is 2.12. The predicted molar refractivity (Wildman–Crippen MR) is 72.6 cm³/mol. The number of carbonyl (C=O) groups is 2. The van der Waals surface area contributed by atoms with E-state index in [2.05, 4.69) is 0 Å². The van der Waals surface area contributed by atoms with Gasteiger partial charge in [0.25, 0.3) is 5.91 Å². The fourth-order valence-corrected chi connectivity index (χ4v) is 2.14. The molecule has 1 N–H and O–H groups in total. The SMILES string of the molecule is O=C(O)CN1CCN(C(=O)COc2cccc(F)c2)CC1. The molecular weight excluding hydrogens is 279 g/mol. The van der Waals surface area contributed by atoms with E-state index in [0.717, 1.165) is 0 Å². The lowest BCUT2D eigenvalue weighted by atomic mass is 10.3. The van der Waals surface area contributed by atoms with Crippen molar-refractivity contribution in [3.05, 3.63) is 30.1 Å². The van der Waals surface area contributed by atoms with Crippen molar-refractivity contribution in [3.8, 4) is 5.75 Å². The van der Waals surface area contributed by atoms with Crippen LogP contribution in [-0.2, 0) is 9.59 Å². The number of hydrogen-bond acceptors (Lipinski definition) is 4. The molecule has 0 radical (unpaired) electrons. The molecule has 1 fully saturated rings. The number of carbonyl (C=O) groups excluding carboxylic acids is 1. The normalized spacial score (nSPS) is 15.8. The van der Waals surface area contributed by atoms with E-state index in [1.165, 1.54) is 18.2 Å². The highest BCUT2D eigenvalue weighted by molar-refractivity contribution is 5.78. The minimum atomic E-state index is -0.871. The summed E-state index contributed by atoms with van der Waals surface area (Å²) in [5.41, 5.74) is 0. The van der Waals surface area contributed by atoms with Crippen LogP contribution in [0, 0.1) is 5.82 Å². The van der Waals surface area contributed by atoms with Crippen LogP contribution < -0.4 is 4.74 Å². The molecule has 1 heterocycles. The molecule has 1 aliphatic heterocycles. The molecule has 0 spiro atoms. The summed E-state index contributed by atoms with van der Waals surface area (Å²) in [6.45, 7) is 1.83. The minimum absolute atomic E-state index is 0.0121. The number of piperazine rings is 1. The van der Waals surface area contributed by atoms with Crippen molar-refractivity contribution in [3.63, 3.8) is 0 Å². The van der Waals surface area contributed by atoms with Gasteiger partial charge in [-0.3, -0.25) is 14.5 Å². The van der Waals surface area contributed by atoms with Gasteiger partial charge in [-0.05, 0) is 12.1 Å². The van der Waals surface area contributed by atoms with E-state index in [1.807, 2.05) is 0 Å². The third-order valence-electron chi connectivity index (χ3n) is 3.24. The molecule has 1 amide bonds. The van der Waals surface area contributed by atoms with Crippen molar-refractivity contribution in [1.29, 1.82) is 0 Å². The van der Waals surface area contributed by atoms with E-state index < -0.39 is 11.8 Å². The summed E-state index contributed by atoms with van der Waals surface area (Å²) in [6.07, 6.45) is 0. The van der Waals surface area contributed by atoms with Crippen molar-refractivity contribution in [1.82, 2.24) is 9.80 Å². The topological polar surface area (TPSA) is 70.1 Å². The number of nitrogens with zero attached hydrogens (tertiary/aromatic N) is 2. The second-order valence-electron chi connectivity index (χ2n) is 4.80. The molecular formula is C14H17FN2O4. The Morgan fingerprint density at radius 2 is 1.95 bits per heavy atom. The largest absolute Gasteiger partial charge is 0.484 e. The van der Waals surface area contributed by atoms with Gasteiger partial charge in [-0.1, -0.05) is 6.07 Å². The van der Waals surface area contributed by atoms with E-state index in [-0.39, 0.29) is 19.1 Å². The van der Waals surface area contributed by atoms with Gasteiger partial charge in [-0.15, -0.1) is 0 Å². The Morgan fingerprint density at radius 3 is 2.57 bits per heavy atom. The minimum Gasteiger partial charge on any atom is -0.484 e. The van der Waals surface area contributed by atoms with Gasteiger partial charge in [-0.2, -0.15) is 0 Å². The molecule has 0 unspecified atom stereocenters. The van der Waals surface area contributed by atoms with E-state index in [9.17, 15) is 14.0 Å². The van der Waals surface area contributed by atoms with Crippen LogP contribution in [0.1, 0.15) is 0 Å². The Morgan fingerprint density at radius 1 is 1.24 bits per heavy atom. The number of benzene rings is 1. The fraction of sp³-hybridized carbons (Fsp3) is 0.429. The van der Waals surface area contributed by atoms with Crippen molar-refractivity contribution >= 4 is 11.9 Å². The Hall–Kier alpha value is -2.15. The van der Waals surface area contributed by atoms with Crippen LogP contribution in [0.15, 0.2) is 24.3 Å². The van der Waals surface area contributed by atoms with Crippen LogP contribution in [-0.4, -0.2) is 66.1 Å². The van der Waals surface area contributed by atoms with E-state index >= 15 is 0 Å². The zero-order valence-electron chi connectivity index (χ0n) is 11.5. The van der Waals surface area contributed by atoms with E-state index in [1.54, 1.807) is 15.9 Å². The van der Waals surface area contributed by atoms with Gasteiger partial charge in [0.1, 0.15) is 11.6 Å². The van der Waals surface area contributed by atoms with E-state index in [0.29, 0.717) is 31.9 Å². The highest BCUT2D eigenvalue weighted by Gasteiger charge is 2.22. The summed E-state index contributed by atoms with van der Waals surface area (Å²) in [5, 5.41) is 8.70. The summed E-state index contributed by atoms with van der Waals surface area (Å²) < 4.78 is 18.2. The average Bonchev–Trinajstić information content (AvgIpc) is 2.45. The van der Waals surface area contributed by atoms with Gasteiger partial charge in [0, 0.05) is 32.2 Å². The molecule has 21 heavy (non-hydrogen) atoms. The molecule has 6 nitrogen and oxygen atoms in total. The number of carboxylic acids is 1. The fourth-order valence-electron chi connectivity index (χ4n) is 2.14. The average molecular weight is 296 g/mol. The first-order chi connectivity index (χ1) is 10.0. The number of aliphatic carboxylic acids is 1. The van der Waals surface area contributed by atoms with Gasteiger partial charge in [0.2, 0.25) is 0 Å². The maximum absolute atomic E-state index is 13.0. The van der Waals surface area contributed by atoms with Gasteiger partial charge >= 0.3 is 5.97 Å². The maximum atomic E-state index is 13.0. The van der Waals surface area contributed by atoms with Crippen LogP contribution in [0.3, 0.4) is 0 Å². The summed E-state index contributed by atoms with van der Waals surface area (Å²) >= 11 is 0. The summed E-state index contributed by atoms with van der Waals surface area (Å²) in [4.78, 5) is 26.0. The number of rotatable bonds is 5. The third kappa shape index (κ3) is 4.71. The number of carboxylic acid groups (broad SMARTS) is 1. The molecule has 1 saturated heterocycles. The Labute approximate surface area is 121 Å². The smallest absolute Gasteiger partial charge is 0.317 e. The van der Waals surface area contributed by atoms with Gasteiger partial charge in [-0.25, -0.2) is 4.39 Å². The molecule has 0 saturated carbocycles. The molecule has 1 aromatic rings. The predicted octanol–water partition coefficient (Wildman–Crippen LogP) is 0.433. The second kappa shape index (κ2) is 7.03. The Kier molecular flexibility index (Phi) is 5.10. The molecule has 7 heteroatoms. The maximum Gasteiger partial charge on any atom is 0.317 e. The van der Waals surface area contributed by atoms with Crippen molar-refractivity contribution < 1.29 is 23.8 Å². The van der Waals surface area contributed by atoms with Gasteiger partial charge < -0.3 is 14.7 Å². The number of hydrogen-bond donors (Lipinski definition) is 1. The molecule has 0 aromatic heterocycles. The van der Waals surface area contributed by atoms with Crippen LogP contribution in [0.5, 0.6) is 5.75 Å². The summed E-state index contributed by atoms with van der Waals surface area (Å²) in [5.74, 6) is -1.16. The third-order valence-corrected chi connectivity index (χ3v) is 3.24. The van der Waals surface area contributed by atoms with Crippen molar-refractivity contribution in [2.45, 2.75) is 0 Å². The number of amides is 1. The lowest BCUT2D eigenvalue weighted by Crippen LogP contribution is -2.51. The molecule has 0 aliphatic carbocycles. The van der Waals surface area contributed by atoms with Gasteiger partial charge in [0.05, 0.1) is 6.54 Å². The number of halogens is 1. The second-order valence-corrected chi connectivity index (χ2v) is 4.80. The molecule has 0 atom stereocenters. The summed E-state index contributed by atoms with van der Waals surface area (Å²) in [7, 11) is 0. The van der Waals surface area contributed by atoms with Crippen LogP contribution >= 0.6 is 0 Å². The van der Waals surface area contributed by atoms with Crippen molar-refractivity contribution in [2.24, 2.45) is 0 Å². The lowest BCUT2D eigenvalue weighted by Gasteiger charge is -2.33. The molecule has 114 valence electrons. The first kappa shape index (κ1) is 15.2. The zero-order chi connectivity index (χ0) is 15.2.